The Bertz CT molecular complexity index is 499. The second-order valence-electron chi connectivity index (χ2n) is 3.22. The molecule has 0 atom stereocenters. The van der Waals surface area contributed by atoms with Crippen molar-refractivity contribution >= 4 is 0 Å². The highest BCUT2D eigenvalue weighted by Gasteiger charge is 2.10. The van der Waals surface area contributed by atoms with Crippen LogP contribution < -0.4 is 5.73 Å². The molecule has 1 aromatic carbocycles. The molecule has 2 aromatic rings. The maximum absolute atomic E-state index is 13.3. The third-order valence-electron chi connectivity index (χ3n) is 2.05. The van der Waals surface area contributed by atoms with Crippen molar-refractivity contribution in [2.45, 2.75) is 13.0 Å². The molecular weight excluding hydrogens is 216 g/mol. The molecule has 84 valence electrons. The Morgan fingerprint density at radius 1 is 1.31 bits per heavy atom. The van der Waals surface area contributed by atoms with Crippen LogP contribution in [0, 0.1) is 11.6 Å². The van der Waals surface area contributed by atoms with Crippen LogP contribution in [-0.4, -0.2) is 10.1 Å². The molecule has 16 heavy (non-hydrogen) atoms. The summed E-state index contributed by atoms with van der Waals surface area (Å²) in [5.41, 5.74) is 5.60. The van der Waals surface area contributed by atoms with Gasteiger partial charge >= 0.3 is 0 Å². The van der Waals surface area contributed by atoms with Gasteiger partial charge in [0.25, 0.3) is 0 Å². The smallest absolute Gasteiger partial charge is 0.231 e. The summed E-state index contributed by atoms with van der Waals surface area (Å²) in [6.07, 6.45) is 0.124. The van der Waals surface area contributed by atoms with Crippen LogP contribution in [0.4, 0.5) is 8.78 Å². The van der Waals surface area contributed by atoms with E-state index in [-0.39, 0.29) is 18.9 Å². The summed E-state index contributed by atoms with van der Waals surface area (Å²) < 4.78 is 30.8. The van der Waals surface area contributed by atoms with Gasteiger partial charge in [-0.3, -0.25) is 0 Å². The monoisotopic (exact) mass is 225 g/mol. The number of benzene rings is 1. The van der Waals surface area contributed by atoms with Crippen molar-refractivity contribution in [3.8, 4) is 0 Å². The highest BCUT2D eigenvalue weighted by molar-refractivity contribution is 5.21. The molecule has 0 radical (unpaired) electrons. The lowest BCUT2D eigenvalue weighted by molar-refractivity contribution is 0.378. The predicted octanol–water partition coefficient (Wildman–Crippen LogP) is 1.40. The molecule has 0 amide bonds. The number of halogens is 2. The molecule has 0 aliphatic heterocycles. The number of nitrogens with two attached hydrogens (primary N) is 1. The lowest BCUT2D eigenvalue weighted by Crippen LogP contribution is -1.99. The van der Waals surface area contributed by atoms with E-state index in [1.807, 2.05) is 0 Å². The zero-order valence-electron chi connectivity index (χ0n) is 8.28. The molecule has 0 spiro atoms. The lowest BCUT2D eigenvalue weighted by Gasteiger charge is -1.98. The summed E-state index contributed by atoms with van der Waals surface area (Å²) >= 11 is 0. The summed E-state index contributed by atoms with van der Waals surface area (Å²) in [5, 5.41) is 3.57. The standard InChI is InChI=1S/C10H9F2N3O/c11-7-2-1-6(8(12)4-7)3-10-14-9(5-13)15-16-10/h1-2,4H,3,5,13H2. The minimum absolute atomic E-state index is 0.124. The maximum Gasteiger partial charge on any atom is 0.231 e. The topological polar surface area (TPSA) is 64.9 Å². The number of rotatable bonds is 3. The van der Waals surface area contributed by atoms with Gasteiger partial charge in [-0.25, -0.2) is 8.78 Å². The van der Waals surface area contributed by atoms with E-state index >= 15 is 0 Å². The summed E-state index contributed by atoms with van der Waals surface area (Å²) in [7, 11) is 0. The van der Waals surface area contributed by atoms with Crippen LogP contribution in [0.1, 0.15) is 17.3 Å². The molecule has 0 aliphatic carbocycles. The highest BCUT2D eigenvalue weighted by Crippen LogP contribution is 2.13. The summed E-state index contributed by atoms with van der Waals surface area (Å²) in [5.74, 6) is -0.634. The normalized spacial score (nSPS) is 10.7. The molecule has 6 heteroatoms. The first-order valence-electron chi connectivity index (χ1n) is 4.64. The van der Waals surface area contributed by atoms with Crippen molar-refractivity contribution in [1.82, 2.24) is 10.1 Å². The predicted molar refractivity (Wildman–Crippen MR) is 51.4 cm³/mol. The maximum atomic E-state index is 13.3. The first kappa shape index (κ1) is 10.7. The Hall–Kier alpha value is -1.82. The molecule has 2 rings (SSSR count). The third kappa shape index (κ3) is 2.22. The summed E-state index contributed by atoms with van der Waals surface area (Å²) in [4.78, 5) is 3.92. The molecule has 2 N–H and O–H groups in total. The van der Waals surface area contributed by atoms with Crippen LogP contribution in [0.5, 0.6) is 0 Å². The molecule has 1 heterocycles. The quantitative estimate of drug-likeness (QED) is 0.857. The van der Waals surface area contributed by atoms with E-state index < -0.39 is 11.6 Å². The minimum Gasteiger partial charge on any atom is -0.339 e. The Balaban J connectivity index is 2.20. The van der Waals surface area contributed by atoms with E-state index in [1.165, 1.54) is 12.1 Å². The Morgan fingerprint density at radius 3 is 2.75 bits per heavy atom. The number of hydrogen-bond acceptors (Lipinski definition) is 4. The van der Waals surface area contributed by atoms with Crippen molar-refractivity contribution in [2.75, 3.05) is 0 Å². The molecule has 0 aliphatic rings. The van der Waals surface area contributed by atoms with Crippen LogP contribution in [0.25, 0.3) is 0 Å². The largest absolute Gasteiger partial charge is 0.339 e. The number of hydrogen-bond donors (Lipinski definition) is 1. The van der Waals surface area contributed by atoms with E-state index in [9.17, 15) is 8.78 Å². The van der Waals surface area contributed by atoms with Gasteiger partial charge < -0.3 is 10.3 Å². The van der Waals surface area contributed by atoms with Gasteiger partial charge in [-0.1, -0.05) is 11.2 Å². The molecule has 0 unspecified atom stereocenters. The van der Waals surface area contributed by atoms with Crippen LogP contribution in [-0.2, 0) is 13.0 Å². The second kappa shape index (κ2) is 4.36. The fourth-order valence-corrected chi connectivity index (χ4v) is 1.27. The van der Waals surface area contributed by atoms with Gasteiger partial charge in [-0.15, -0.1) is 0 Å². The number of nitrogens with zero attached hydrogens (tertiary/aromatic N) is 2. The van der Waals surface area contributed by atoms with E-state index in [0.717, 1.165) is 6.07 Å². The fourth-order valence-electron chi connectivity index (χ4n) is 1.27. The van der Waals surface area contributed by atoms with Gasteiger partial charge in [0.15, 0.2) is 5.82 Å². The van der Waals surface area contributed by atoms with Crippen LogP contribution >= 0.6 is 0 Å². The van der Waals surface area contributed by atoms with Gasteiger partial charge in [-0.05, 0) is 11.6 Å². The van der Waals surface area contributed by atoms with Crippen molar-refractivity contribution in [3.63, 3.8) is 0 Å². The van der Waals surface area contributed by atoms with Gasteiger partial charge in [0.05, 0.1) is 13.0 Å². The molecule has 0 saturated heterocycles. The Morgan fingerprint density at radius 2 is 2.12 bits per heavy atom. The zero-order valence-corrected chi connectivity index (χ0v) is 8.28. The molecule has 1 aromatic heterocycles. The zero-order chi connectivity index (χ0) is 11.5. The SMILES string of the molecule is NCc1noc(Cc2ccc(F)cc2F)n1. The molecular formula is C10H9F2N3O. The molecule has 0 saturated carbocycles. The van der Waals surface area contributed by atoms with Crippen molar-refractivity contribution in [3.05, 3.63) is 47.1 Å². The van der Waals surface area contributed by atoms with Crippen molar-refractivity contribution < 1.29 is 13.3 Å². The summed E-state index contributed by atoms with van der Waals surface area (Å²) in [6, 6.07) is 3.34. The molecule has 0 fully saturated rings. The second-order valence-corrected chi connectivity index (χ2v) is 3.22. The first-order valence-corrected chi connectivity index (χ1v) is 4.64. The molecule has 4 nitrogen and oxygen atoms in total. The third-order valence-corrected chi connectivity index (χ3v) is 2.05. The van der Waals surface area contributed by atoms with E-state index in [4.69, 9.17) is 10.3 Å². The van der Waals surface area contributed by atoms with E-state index in [2.05, 4.69) is 10.1 Å². The highest BCUT2D eigenvalue weighted by atomic mass is 19.1. The van der Waals surface area contributed by atoms with Crippen LogP contribution in [0.15, 0.2) is 22.7 Å². The van der Waals surface area contributed by atoms with Crippen LogP contribution in [0.3, 0.4) is 0 Å². The molecule has 0 bridgehead atoms. The van der Waals surface area contributed by atoms with Crippen molar-refractivity contribution in [1.29, 1.82) is 0 Å². The average molecular weight is 225 g/mol. The van der Waals surface area contributed by atoms with Gasteiger partial charge in [-0.2, -0.15) is 4.98 Å². The number of aromatic nitrogens is 2. The lowest BCUT2D eigenvalue weighted by atomic mass is 10.1. The van der Waals surface area contributed by atoms with Crippen LogP contribution in [0.2, 0.25) is 0 Å². The van der Waals surface area contributed by atoms with Gasteiger partial charge in [0.1, 0.15) is 11.6 Å². The van der Waals surface area contributed by atoms with E-state index in [0.29, 0.717) is 11.4 Å². The average Bonchev–Trinajstić information content (AvgIpc) is 2.70. The fraction of sp³-hybridized carbons (Fsp3) is 0.200. The van der Waals surface area contributed by atoms with Gasteiger partial charge in [0, 0.05) is 6.07 Å². The van der Waals surface area contributed by atoms with Gasteiger partial charge in [0.2, 0.25) is 5.89 Å². The summed E-state index contributed by atoms with van der Waals surface area (Å²) in [6.45, 7) is 0.162. The van der Waals surface area contributed by atoms with E-state index in [1.54, 1.807) is 0 Å². The first-order chi connectivity index (χ1) is 7.69. The minimum atomic E-state index is -0.632. The Kier molecular flexibility index (Phi) is 2.91. The van der Waals surface area contributed by atoms with Crippen molar-refractivity contribution in [2.24, 2.45) is 5.73 Å². The Labute approximate surface area is 90.1 Å².